The van der Waals surface area contributed by atoms with Crippen molar-refractivity contribution in [1.29, 1.82) is 0 Å². The minimum absolute atomic E-state index is 0.227. The first-order valence-corrected chi connectivity index (χ1v) is 7.57. The number of aromatic nitrogens is 2. The second-order valence-corrected chi connectivity index (χ2v) is 5.58. The fraction of sp³-hybridized carbons (Fsp3) is 0.438. The molecule has 3 heterocycles. The first kappa shape index (κ1) is 14.7. The van der Waals surface area contributed by atoms with Gasteiger partial charge in [0.25, 0.3) is 5.91 Å². The van der Waals surface area contributed by atoms with Crippen LogP contribution in [0.3, 0.4) is 0 Å². The van der Waals surface area contributed by atoms with Crippen molar-refractivity contribution in [2.75, 3.05) is 13.1 Å². The maximum atomic E-state index is 12.1. The van der Waals surface area contributed by atoms with Gasteiger partial charge in [-0.2, -0.15) is 0 Å². The van der Waals surface area contributed by atoms with Gasteiger partial charge in [-0.15, -0.1) is 0 Å². The van der Waals surface area contributed by atoms with Crippen molar-refractivity contribution in [2.24, 2.45) is 0 Å². The summed E-state index contributed by atoms with van der Waals surface area (Å²) >= 11 is 0. The Hall–Kier alpha value is -2.21. The maximum absolute atomic E-state index is 12.1. The quantitative estimate of drug-likeness (QED) is 0.913. The fourth-order valence-electron chi connectivity index (χ4n) is 2.51. The summed E-state index contributed by atoms with van der Waals surface area (Å²) in [5.41, 5.74) is 1.58. The van der Waals surface area contributed by atoms with Gasteiger partial charge in [-0.1, -0.05) is 0 Å². The maximum Gasteiger partial charge on any atom is 0.287 e. The molecule has 0 unspecified atom stereocenters. The van der Waals surface area contributed by atoms with Crippen LogP contribution in [0, 0.1) is 6.92 Å². The van der Waals surface area contributed by atoms with Gasteiger partial charge in [0.05, 0.1) is 30.7 Å². The molecule has 0 spiro atoms. The molecule has 2 aromatic heterocycles. The molecule has 0 bridgehead atoms. The molecule has 6 heteroatoms. The standard InChI is InChI=1S/C16H20N4O2/c1-12-8-18-13(9-17-12)10-19-16(21)15-5-4-14(22-15)11-20-6-2-3-7-20/h4-5,8-9H,2-3,6-7,10-11H2,1H3,(H,19,21). The molecule has 1 saturated heterocycles. The summed E-state index contributed by atoms with van der Waals surface area (Å²) in [5.74, 6) is 0.950. The molecule has 2 aromatic rings. The molecule has 1 aliphatic heterocycles. The molecule has 1 amide bonds. The summed E-state index contributed by atoms with van der Waals surface area (Å²) in [7, 11) is 0. The molecule has 0 saturated carbocycles. The van der Waals surface area contributed by atoms with Crippen LogP contribution in [0.15, 0.2) is 28.9 Å². The van der Waals surface area contributed by atoms with E-state index in [1.165, 1.54) is 12.8 Å². The van der Waals surface area contributed by atoms with Gasteiger partial charge in [0.2, 0.25) is 0 Å². The lowest BCUT2D eigenvalue weighted by Crippen LogP contribution is -2.23. The van der Waals surface area contributed by atoms with Gasteiger partial charge in [0, 0.05) is 6.20 Å². The predicted molar refractivity (Wildman–Crippen MR) is 81.2 cm³/mol. The SMILES string of the molecule is Cc1cnc(CNC(=O)c2ccc(CN3CCCC3)o2)cn1. The van der Waals surface area contributed by atoms with Crippen LogP contribution in [-0.4, -0.2) is 33.9 Å². The zero-order valence-corrected chi connectivity index (χ0v) is 12.7. The number of amides is 1. The number of nitrogens with zero attached hydrogens (tertiary/aromatic N) is 3. The number of hydrogen-bond acceptors (Lipinski definition) is 5. The van der Waals surface area contributed by atoms with Crippen LogP contribution >= 0.6 is 0 Å². The third-order valence-electron chi connectivity index (χ3n) is 3.73. The highest BCUT2D eigenvalue weighted by molar-refractivity contribution is 5.91. The fourth-order valence-corrected chi connectivity index (χ4v) is 2.51. The summed E-state index contributed by atoms with van der Waals surface area (Å²) < 4.78 is 5.63. The third kappa shape index (κ3) is 3.71. The lowest BCUT2D eigenvalue weighted by Gasteiger charge is -2.11. The number of aryl methyl sites for hydroxylation is 1. The zero-order valence-electron chi connectivity index (χ0n) is 12.7. The van der Waals surface area contributed by atoms with Crippen LogP contribution in [0.4, 0.5) is 0 Å². The number of likely N-dealkylation sites (tertiary alicyclic amines) is 1. The van der Waals surface area contributed by atoms with E-state index in [0.29, 0.717) is 12.3 Å². The molecule has 0 radical (unpaired) electrons. The van der Waals surface area contributed by atoms with Crippen LogP contribution in [0.1, 0.15) is 40.5 Å². The molecule has 0 atom stereocenters. The van der Waals surface area contributed by atoms with Gasteiger partial charge in [0.1, 0.15) is 5.76 Å². The molecule has 0 aromatic carbocycles. The monoisotopic (exact) mass is 300 g/mol. The largest absolute Gasteiger partial charge is 0.455 e. The smallest absolute Gasteiger partial charge is 0.287 e. The van der Waals surface area contributed by atoms with Crippen LogP contribution in [-0.2, 0) is 13.1 Å². The molecule has 1 fully saturated rings. The predicted octanol–water partition coefficient (Wildman–Crippen LogP) is 1.90. The zero-order chi connectivity index (χ0) is 15.4. The first-order chi connectivity index (χ1) is 10.7. The van der Waals surface area contributed by atoms with Gasteiger partial charge >= 0.3 is 0 Å². The molecule has 116 valence electrons. The number of carbonyl (C=O) groups excluding carboxylic acids is 1. The molecule has 22 heavy (non-hydrogen) atoms. The van der Waals surface area contributed by atoms with Crippen molar-refractivity contribution in [1.82, 2.24) is 20.2 Å². The molecule has 0 aliphatic carbocycles. The minimum atomic E-state index is -0.227. The normalized spacial score (nSPS) is 15.1. The summed E-state index contributed by atoms with van der Waals surface area (Å²) in [6, 6.07) is 3.60. The van der Waals surface area contributed by atoms with Gasteiger partial charge < -0.3 is 9.73 Å². The number of hydrogen-bond donors (Lipinski definition) is 1. The van der Waals surface area contributed by atoms with E-state index >= 15 is 0 Å². The van der Waals surface area contributed by atoms with Gasteiger partial charge in [-0.05, 0) is 45.0 Å². The Morgan fingerprint density at radius 2 is 2.09 bits per heavy atom. The Bertz CT molecular complexity index is 630. The van der Waals surface area contributed by atoms with Crippen LogP contribution in [0.25, 0.3) is 0 Å². The number of carbonyl (C=O) groups is 1. The van der Waals surface area contributed by atoms with Crippen molar-refractivity contribution in [3.63, 3.8) is 0 Å². The number of rotatable bonds is 5. The highest BCUT2D eigenvalue weighted by Gasteiger charge is 2.16. The van der Waals surface area contributed by atoms with Crippen molar-refractivity contribution >= 4 is 5.91 Å². The van der Waals surface area contributed by atoms with Crippen LogP contribution < -0.4 is 5.32 Å². The first-order valence-electron chi connectivity index (χ1n) is 7.57. The Morgan fingerprint density at radius 3 is 2.82 bits per heavy atom. The highest BCUT2D eigenvalue weighted by atomic mass is 16.4. The van der Waals surface area contributed by atoms with E-state index in [4.69, 9.17) is 4.42 Å². The number of furan rings is 1. The molecule has 1 aliphatic rings. The minimum Gasteiger partial charge on any atom is -0.455 e. The second kappa shape index (κ2) is 6.70. The van der Waals surface area contributed by atoms with Crippen LogP contribution in [0.5, 0.6) is 0 Å². The Morgan fingerprint density at radius 1 is 1.27 bits per heavy atom. The van der Waals surface area contributed by atoms with E-state index in [0.717, 1.165) is 36.8 Å². The van der Waals surface area contributed by atoms with E-state index in [2.05, 4.69) is 20.2 Å². The molecular formula is C16H20N4O2. The summed E-state index contributed by atoms with van der Waals surface area (Å²) in [5, 5.41) is 2.79. The number of nitrogens with one attached hydrogen (secondary N) is 1. The van der Waals surface area contributed by atoms with Crippen LogP contribution in [0.2, 0.25) is 0 Å². The van der Waals surface area contributed by atoms with Crippen molar-refractivity contribution in [2.45, 2.75) is 32.9 Å². The molecule has 1 N–H and O–H groups in total. The lowest BCUT2D eigenvalue weighted by molar-refractivity contribution is 0.0919. The van der Waals surface area contributed by atoms with Crippen molar-refractivity contribution in [3.8, 4) is 0 Å². The Balaban J connectivity index is 1.53. The van der Waals surface area contributed by atoms with Gasteiger partial charge in [-0.3, -0.25) is 19.7 Å². The van der Waals surface area contributed by atoms with E-state index < -0.39 is 0 Å². The Kier molecular flexibility index (Phi) is 4.48. The second-order valence-electron chi connectivity index (χ2n) is 5.58. The summed E-state index contributed by atoms with van der Waals surface area (Å²) in [6.07, 6.45) is 5.83. The van der Waals surface area contributed by atoms with E-state index in [9.17, 15) is 4.79 Å². The van der Waals surface area contributed by atoms with Gasteiger partial charge in [0.15, 0.2) is 5.76 Å². The average Bonchev–Trinajstić information content (AvgIpc) is 3.19. The Labute approximate surface area is 129 Å². The topological polar surface area (TPSA) is 71.3 Å². The average molecular weight is 300 g/mol. The summed E-state index contributed by atoms with van der Waals surface area (Å²) in [6.45, 7) is 5.20. The van der Waals surface area contributed by atoms with E-state index in [-0.39, 0.29) is 5.91 Å². The van der Waals surface area contributed by atoms with Gasteiger partial charge in [-0.25, -0.2) is 0 Å². The lowest BCUT2D eigenvalue weighted by atomic mass is 10.3. The summed E-state index contributed by atoms with van der Waals surface area (Å²) in [4.78, 5) is 22.8. The van der Waals surface area contributed by atoms with E-state index in [1.54, 1.807) is 18.5 Å². The van der Waals surface area contributed by atoms with Crippen molar-refractivity contribution in [3.05, 3.63) is 47.4 Å². The van der Waals surface area contributed by atoms with Crippen molar-refractivity contribution < 1.29 is 9.21 Å². The molecule has 6 nitrogen and oxygen atoms in total. The molecular weight excluding hydrogens is 280 g/mol. The third-order valence-corrected chi connectivity index (χ3v) is 3.73. The molecule has 3 rings (SSSR count). The highest BCUT2D eigenvalue weighted by Crippen LogP contribution is 2.15. The van der Waals surface area contributed by atoms with E-state index in [1.807, 2.05) is 13.0 Å².